The maximum absolute atomic E-state index is 13.4. The first-order valence-electron chi connectivity index (χ1n) is 9.28. The summed E-state index contributed by atoms with van der Waals surface area (Å²) >= 11 is 0. The molecule has 2 aromatic rings. The van der Waals surface area contributed by atoms with Crippen LogP contribution in [0.3, 0.4) is 0 Å². The Bertz CT molecular complexity index is 977. The minimum atomic E-state index is -4.07. The molecule has 0 bridgehead atoms. The molecule has 10 heteroatoms. The lowest BCUT2D eigenvalue weighted by Crippen LogP contribution is -2.41. The van der Waals surface area contributed by atoms with Gasteiger partial charge in [0.05, 0.1) is 24.3 Å². The molecule has 3 rings (SSSR count). The van der Waals surface area contributed by atoms with Crippen LogP contribution in [0.4, 0.5) is 5.69 Å². The summed E-state index contributed by atoms with van der Waals surface area (Å²) in [5, 5.41) is 2.64. The number of nitrogens with zero attached hydrogens (tertiary/aromatic N) is 1. The normalized spacial score (nSPS) is 12.9. The number of nitrogens with one attached hydrogen (secondary N) is 1. The van der Waals surface area contributed by atoms with E-state index in [4.69, 9.17) is 18.9 Å². The van der Waals surface area contributed by atoms with Crippen LogP contribution in [-0.4, -0.2) is 61.5 Å². The highest BCUT2D eigenvalue weighted by molar-refractivity contribution is 7.92. The molecule has 0 aliphatic carbocycles. The molecular formula is C20H24N2O7S. The molecule has 2 aromatic carbocycles. The second-order valence-corrected chi connectivity index (χ2v) is 8.22. The summed E-state index contributed by atoms with van der Waals surface area (Å²) in [6, 6.07) is 10.8. The number of hydrogen-bond donors (Lipinski definition) is 1. The van der Waals surface area contributed by atoms with Crippen molar-refractivity contribution < 1.29 is 32.2 Å². The third kappa shape index (κ3) is 4.95. The fourth-order valence-corrected chi connectivity index (χ4v) is 4.29. The van der Waals surface area contributed by atoms with Crippen LogP contribution in [0.2, 0.25) is 0 Å². The number of ether oxygens (including phenoxy) is 4. The number of carbonyl (C=O) groups excluding carboxylic acids is 1. The van der Waals surface area contributed by atoms with Crippen LogP contribution in [0.1, 0.15) is 0 Å². The van der Waals surface area contributed by atoms with Crippen molar-refractivity contribution in [2.24, 2.45) is 0 Å². The lowest BCUT2D eigenvalue weighted by atomic mass is 10.3. The standard InChI is InChI=1S/C20H24N2O7S/c1-26-10-9-21-20(23)14-22(15-3-5-16(27-2)6-4-15)30(24,25)17-7-8-18-19(13-17)29-12-11-28-18/h3-8,13H,9-12,14H2,1-2H3,(H,21,23). The Morgan fingerprint density at radius 3 is 2.43 bits per heavy atom. The molecule has 30 heavy (non-hydrogen) atoms. The number of benzene rings is 2. The van der Waals surface area contributed by atoms with Gasteiger partial charge in [0, 0.05) is 19.7 Å². The highest BCUT2D eigenvalue weighted by Gasteiger charge is 2.29. The summed E-state index contributed by atoms with van der Waals surface area (Å²) in [5.41, 5.74) is 0.326. The Kier molecular flexibility index (Phi) is 7.01. The number of carbonyl (C=O) groups is 1. The lowest BCUT2D eigenvalue weighted by molar-refractivity contribution is -0.119. The van der Waals surface area contributed by atoms with Crippen molar-refractivity contribution in [2.75, 3.05) is 51.4 Å². The molecule has 0 spiro atoms. The van der Waals surface area contributed by atoms with Crippen molar-refractivity contribution in [2.45, 2.75) is 4.90 Å². The van der Waals surface area contributed by atoms with Gasteiger partial charge in [0.1, 0.15) is 25.5 Å². The number of rotatable bonds is 9. The molecule has 0 unspecified atom stereocenters. The average Bonchev–Trinajstić information content (AvgIpc) is 2.77. The van der Waals surface area contributed by atoms with Crippen LogP contribution >= 0.6 is 0 Å². The minimum Gasteiger partial charge on any atom is -0.497 e. The molecule has 9 nitrogen and oxygen atoms in total. The first-order valence-corrected chi connectivity index (χ1v) is 10.7. The maximum Gasteiger partial charge on any atom is 0.264 e. The zero-order valence-corrected chi connectivity index (χ0v) is 17.6. The summed E-state index contributed by atoms with van der Waals surface area (Å²) in [6.45, 7) is 0.936. The Morgan fingerprint density at radius 1 is 1.07 bits per heavy atom. The number of sulfonamides is 1. The van der Waals surface area contributed by atoms with Gasteiger partial charge >= 0.3 is 0 Å². The number of fused-ring (bicyclic) bond motifs is 1. The highest BCUT2D eigenvalue weighted by Crippen LogP contribution is 2.34. The van der Waals surface area contributed by atoms with Crippen LogP contribution < -0.4 is 23.8 Å². The van der Waals surface area contributed by atoms with Crippen molar-refractivity contribution >= 4 is 21.6 Å². The molecule has 162 valence electrons. The fourth-order valence-electron chi connectivity index (χ4n) is 2.85. The van der Waals surface area contributed by atoms with Crippen molar-refractivity contribution in [3.05, 3.63) is 42.5 Å². The molecular weight excluding hydrogens is 412 g/mol. The van der Waals surface area contributed by atoms with E-state index in [9.17, 15) is 13.2 Å². The quantitative estimate of drug-likeness (QED) is 0.593. The molecule has 1 amide bonds. The molecule has 0 atom stereocenters. The monoisotopic (exact) mass is 436 g/mol. The van der Waals surface area contributed by atoms with Gasteiger partial charge in [-0.1, -0.05) is 0 Å². The van der Waals surface area contributed by atoms with Gasteiger partial charge in [0.25, 0.3) is 10.0 Å². The first-order chi connectivity index (χ1) is 14.5. The molecule has 1 N–H and O–H groups in total. The second-order valence-electron chi connectivity index (χ2n) is 6.36. The zero-order chi connectivity index (χ0) is 21.6. The Hall–Kier alpha value is -2.98. The Morgan fingerprint density at radius 2 is 1.77 bits per heavy atom. The van der Waals surface area contributed by atoms with Crippen molar-refractivity contribution in [3.8, 4) is 17.2 Å². The van der Waals surface area contributed by atoms with E-state index in [1.165, 1.54) is 26.4 Å². The van der Waals surface area contributed by atoms with E-state index in [0.717, 1.165) is 4.31 Å². The second kappa shape index (κ2) is 9.68. The van der Waals surface area contributed by atoms with E-state index in [1.807, 2.05) is 0 Å². The smallest absolute Gasteiger partial charge is 0.264 e. The summed E-state index contributed by atoms with van der Waals surface area (Å²) in [5.74, 6) is 0.944. The maximum atomic E-state index is 13.4. The van der Waals surface area contributed by atoms with Crippen molar-refractivity contribution in [3.63, 3.8) is 0 Å². The molecule has 1 heterocycles. The van der Waals surface area contributed by atoms with Crippen LogP contribution in [0.25, 0.3) is 0 Å². The van der Waals surface area contributed by atoms with Gasteiger partial charge in [-0.3, -0.25) is 9.10 Å². The topological polar surface area (TPSA) is 103 Å². The van der Waals surface area contributed by atoms with E-state index in [2.05, 4.69) is 5.32 Å². The summed E-state index contributed by atoms with van der Waals surface area (Å²) < 4.78 is 48.9. The molecule has 1 aliphatic heterocycles. The molecule has 0 aromatic heterocycles. The average molecular weight is 436 g/mol. The summed E-state index contributed by atoms with van der Waals surface area (Å²) in [7, 11) is -1.04. The van der Waals surface area contributed by atoms with Gasteiger partial charge in [0.2, 0.25) is 5.91 Å². The van der Waals surface area contributed by atoms with Crippen LogP contribution in [0.5, 0.6) is 17.2 Å². The SMILES string of the molecule is COCCNC(=O)CN(c1ccc(OC)cc1)S(=O)(=O)c1ccc2c(c1)OCCO2. The zero-order valence-electron chi connectivity index (χ0n) is 16.8. The van der Waals surface area contributed by atoms with Gasteiger partial charge < -0.3 is 24.3 Å². The molecule has 0 saturated carbocycles. The predicted molar refractivity (Wildman–Crippen MR) is 110 cm³/mol. The number of amides is 1. The largest absolute Gasteiger partial charge is 0.497 e. The van der Waals surface area contributed by atoms with Crippen molar-refractivity contribution in [1.82, 2.24) is 5.32 Å². The number of methoxy groups -OCH3 is 2. The third-order valence-corrected chi connectivity index (χ3v) is 6.15. The van der Waals surface area contributed by atoms with E-state index in [1.54, 1.807) is 30.3 Å². The Balaban J connectivity index is 1.93. The van der Waals surface area contributed by atoms with Crippen LogP contribution in [0.15, 0.2) is 47.4 Å². The van der Waals surface area contributed by atoms with Crippen LogP contribution in [-0.2, 0) is 19.6 Å². The van der Waals surface area contributed by atoms with Crippen LogP contribution in [0, 0.1) is 0 Å². The van der Waals surface area contributed by atoms with Crippen molar-refractivity contribution in [1.29, 1.82) is 0 Å². The minimum absolute atomic E-state index is 0.00717. The van der Waals surface area contributed by atoms with Gasteiger partial charge in [-0.25, -0.2) is 8.42 Å². The highest BCUT2D eigenvalue weighted by atomic mass is 32.2. The Labute approximate surface area is 175 Å². The van der Waals surface area contributed by atoms with Gasteiger partial charge in [-0.15, -0.1) is 0 Å². The van der Waals surface area contributed by atoms with E-state index in [0.29, 0.717) is 42.8 Å². The van der Waals surface area contributed by atoms with Gasteiger partial charge in [0.15, 0.2) is 11.5 Å². The van der Waals surface area contributed by atoms with E-state index in [-0.39, 0.29) is 11.4 Å². The van der Waals surface area contributed by atoms with Gasteiger partial charge in [-0.05, 0) is 36.4 Å². The van der Waals surface area contributed by atoms with E-state index < -0.39 is 22.5 Å². The first kappa shape index (κ1) is 21.7. The molecule has 0 saturated heterocycles. The van der Waals surface area contributed by atoms with Gasteiger partial charge in [-0.2, -0.15) is 0 Å². The molecule has 0 radical (unpaired) electrons. The lowest BCUT2D eigenvalue weighted by Gasteiger charge is -2.25. The molecule has 0 fully saturated rings. The summed E-state index contributed by atoms with van der Waals surface area (Å²) in [4.78, 5) is 12.4. The fraction of sp³-hybridized carbons (Fsp3) is 0.350. The predicted octanol–water partition coefficient (Wildman–Crippen LogP) is 1.42. The molecule has 1 aliphatic rings. The number of anilines is 1. The third-order valence-electron chi connectivity index (χ3n) is 4.38. The number of hydrogen-bond acceptors (Lipinski definition) is 7. The van der Waals surface area contributed by atoms with E-state index >= 15 is 0 Å². The summed E-state index contributed by atoms with van der Waals surface area (Å²) in [6.07, 6.45) is 0.